The summed E-state index contributed by atoms with van der Waals surface area (Å²) in [5.41, 5.74) is 6.33. The Morgan fingerprint density at radius 1 is 1.50 bits per heavy atom. The van der Waals surface area contributed by atoms with Gasteiger partial charge in [-0.2, -0.15) is 0 Å². The molecule has 2 saturated heterocycles. The number of hydrogen-bond acceptors (Lipinski definition) is 3. The minimum Gasteiger partial charge on any atom is -0.380 e. The van der Waals surface area contributed by atoms with E-state index >= 15 is 0 Å². The first kappa shape index (κ1) is 12.2. The van der Waals surface area contributed by atoms with Crippen molar-refractivity contribution in [3.05, 3.63) is 0 Å². The molecule has 4 heteroatoms. The Labute approximate surface area is 92.4 Å². The van der Waals surface area contributed by atoms with Crippen LogP contribution >= 0.6 is 12.4 Å². The van der Waals surface area contributed by atoms with Gasteiger partial charge < -0.3 is 15.4 Å². The third-order valence-corrected chi connectivity index (χ3v) is 3.43. The fraction of sp³-hybridized carbons (Fsp3) is 1.00. The fourth-order valence-corrected chi connectivity index (χ4v) is 2.28. The van der Waals surface area contributed by atoms with Gasteiger partial charge in [0.2, 0.25) is 0 Å². The highest BCUT2D eigenvalue weighted by Crippen LogP contribution is 2.32. The summed E-state index contributed by atoms with van der Waals surface area (Å²) in [6.45, 7) is 7.63. The SMILES string of the molecule is CCC1(CN2CC[C@H](N)C2)COC1.Cl. The predicted molar refractivity (Wildman–Crippen MR) is 59.8 cm³/mol. The van der Waals surface area contributed by atoms with E-state index in [-0.39, 0.29) is 12.4 Å². The number of hydrogen-bond donors (Lipinski definition) is 1. The number of rotatable bonds is 3. The summed E-state index contributed by atoms with van der Waals surface area (Å²) in [6.07, 6.45) is 2.40. The number of ether oxygens (including phenoxy) is 1. The number of nitrogens with zero attached hydrogens (tertiary/aromatic N) is 1. The molecule has 0 unspecified atom stereocenters. The van der Waals surface area contributed by atoms with Crippen LogP contribution in [0.25, 0.3) is 0 Å². The van der Waals surface area contributed by atoms with Crippen molar-refractivity contribution in [3.8, 4) is 0 Å². The third kappa shape index (κ3) is 2.40. The Kier molecular flexibility index (Phi) is 4.19. The van der Waals surface area contributed by atoms with Gasteiger partial charge in [-0.3, -0.25) is 0 Å². The lowest BCUT2D eigenvalue weighted by molar-refractivity contribution is -0.126. The molecule has 1 atom stereocenters. The summed E-state index contributed by atoms with van der Waals surface area (Å²) < 4.78 is 5.31. The Bertz CT molecular complexity index is 179. The molecular formula is C10H21ClN2O. The van der Waals surface area contributed by atoms with Crippen molar-refractivity contribution in [3.63, 3.8) is 0 Å². The fourth-order valence-electron chi connectivity index (χ4n) is 2.28. The lowest BCUT2D eigenvalue weighted by atomic mass is 9.83. The zero-order valence-corrected chi connectivity index (χ0v) is 9.68. The van der Waals surface area contributed by atoms with Gasteiger partial charge in [0, 0.05) is 24.5 Å². The van der Waals surface area contributed by atoms with Gasteiger partial charge in [-0.15, -0.1) is 12.4 Å². The van der Waals surface area contributed by atoms with E-state index in [9.17, 15) is 0 Å². The minimum absolute atomic E-state index is 0. The molecule has 0 spiro atoms. The van der Waals surface area contributed by atoms with Crippen LogP contribution in [-0.2, 0) is 4.74 Å². The second-order valence-corrected chi connectivity index (χ2v) is 4.63. The first-order valence-corrected chi connectivity index (χ1v) is 5.30. The van der Waals surface area contributed by atoms with Crippen molar-refractivity contribution in [1.29, 1.82) is 0 Å². The van der Waals surface area contributed by atoms with Crippen molar-refractivity contribution in [2.24, 2.45) is 11.1 Å². The summed E-state index contributed by atoms with van der Waals surface area (Å²) in [5, 5.41) is 0. The van der Waals surface area contributed by atoms with Gasteiger partial charge in [0.05, 0.1) is 13.2 Å². The van der Waals surface area contributed by atoms with Gasteiger partial charge in [-0.05, 0) is 19.4 Å². The maximum absolute atomic E-state index is 5.87. The first-order chi connectivity index (χ1) is 6.24. The van der Waals surface area contributed by atoms with Crippen molar-refractivity contribution in [2.75, 3.05) is 32.8 Å². The van der Waals surface area contributed by atoms with Crippen LogP contribution in [-0.4, -0.2) is 43.8 Å². The monoisotopic (exact) mass is 220 g/mol. The summed E-state index contributed by atoms with van der Waals surface area (Å²) in [6, 6.07) is 0.412. The van der Waals surface area contributed by atoms with E-state index in [0.29, 0.717) is 11.5 Å². The van der Waals surface area contributed by atoms with Gasteiger partial charge in [-0.1, -0.05) is 6.92 Å². The van der Waals surface area contributed by atoms with E-state index in [1.165, 1.54) is 25.9 Å². The minimum atomic E-state index is 0. The van der Waals surface area contributed by atoms with Crippen LogP contribution in [0.2, 0.25) is 0 Å². The van der Waals surface area contributed by atoms with Gasteiger partial charge in [-0.25, -0.2) is 0 Å². The van der Waals surface area contributed by atoms with E-state index in [4.69, 9.17) is 10.5 Å². The van der Waals surface area contributed by atoms with E-state index in [0.717, 1.165) is 19.8 Å². The molecule has 0 bridgehead atoms. The molecule has 0 amide bonds. The van der Waals surface area contributed by atoms with Crippen LogP contribution in [0.5, 0.6) is 0 Å². The van der Waals surface area contributed by atoms with E-state index < -0.39 is 0 Å². The van der Waals surface area contributed by atoms with Gasteiger partial charge >= 0.3 is 0 Å². The Morgan fingerprint density at radius 2 is 2.21 bits per heavy atom. The van der Waals surface area contributed by atoms with Crippen LogP contribution in [0.1, 0.15) is 19.8 Å². The van der Waals surface area contributed by atoms with Crippen molar-refractivity contribution in [2.45, 2.75) is 25.8 Å². The molecular weight excluding hydrogens is 200 g/mol. The molecule has 2 rings (SSSR count). The second kappa shape index (κ2) is 4.79. The molecule has 3 nitrogen and oxygen atoms in total. The summed E-state index contributed by atoms with van der Waals surface area (Å²) in [7, 11) is 0. The highest BCUT2D eigenvalue weighted by atomic mass is 35.5. The molecule has 14 heavy (non-hydrogen) atoms. The van der Waals surface area contributed by atoms with Crippen LogP contribution in [0.15, 0.2) is 0 Å². The largest absolute Gasteiger partial charge is 0.380 e. The number of likely N-dealkylation sites (tertiary alicyclic amines) is 1. The van der Waals surface area contributed by atoms with Crippen molar-refractivity contribution >= 4 is 12.4 Å². The summed E-state index contributed by atoms with van der Waals surface area (Å²) in [4.78, 5) is 2.50. The van der Waals surface area contributed by atoms with Gasteiger partial charge in [0.25, 0.3) is 0 Å². The van der Waals surface area contributed by atoms with E-state index in [1.54, 1.807) is 0 Å². The van der Waals surface area contributed by atoms with Crippen LogP contribution in [0, 0.1) is 5.41 Å². The smallest absolute Gasteiger partial charge is 0.0557 e. The Morgan fingerprint density at radius 3 is 2.57 bits per heavy atom. The topological polar surface area (TPSA) is 38.5 Å². The molecule has 0 aromatic carbocycles. The van der Waals surface area contributed by atoms with Gasteiger partial charge in [0.1, 0.15) is 0 Å². The van der Waals surface area contributed by atoms with Crippen molar-refractivity contribution in [1.82, 2.24) is 4.90 Å². The molecule has 0 saturated carbocycles. The van der Waals surface area contributed by atoms with Crippen LogP contribution < -0.4 is 5.73 Å². The molecule has 84 valence electrons. The van der Waals surface area contributed by atoms with E-state index in [1.807, 2.05) is 0 Å². The molecule has 2 aliphatic heterocycles. The molecule has 0 aromatic rings. The van der Waals surface area contributed by atoms with Crippen molar-refractivity contribution < 1.29 is 4.74 Å². The Hall–Kier alpha value is 0.170. The number of halogens is 1. The standard InChI is InChI=1S/C10H20N2O.ClH/c1-2-10(7-13-8-10)6-12-4-3-9(11)5-12;/h9H,2-8,11H2,1H3;1H/t9-;/m0./s1. The average Bonchev–Trinajstić information content (AvgIpc) is 2.44. The molecule has 0 aromatic heterocycles. The lowest BCUT2D eigenvalue weighted by Crippen LogP contribution is -2.50. The molecule has 0 radical (unpaired) electrons. The molecule has 2 fully saturated rings. The number of nitrogens with two attached hydrogens (primary N) is 1. The summed E-state index contributed by atoms with van der Waals surface area (Å²) in [5.74, 6) is 0. The molecule has 2 heterocycles. The normalized spacial score (nSPS) is 30.9. The molecule has 0 aliphatic carbocycles. The highest BCUT2D eigenvalue weighted by Gasteiger charge is 2.39. The zero-order valence-electron chi connectivity index (χ0n) is 8.87. The maximum atomic E-state index is 5.87. The zero-order chi connectivity index (χ0) is 9.31. The third-order valence-electron chi connectivity index (χ3n) is 3.43. The maximum Gasteiger partial charge on any atom is 0.0557 e. The lowest BCUT2D eigenvalue weighted by Gasteiger charge is -2.43. The second-order valence-electron chi connectivity index (χ2n) is 4.63. The van der Waals surface area contributed by atoms with Crippen LogP contribution in [0.4, 0.5) is 0 Å². The predicted octanol–water partition coefficient (Wildman–Crippen LogP) is 0.868. The van der Waals surface area contributed by atoms with E-state index in [2.05, 4.69) is 11.8 Å². The average molecular weight is 221 g/mol. The summed E-state index contributed by atoms with van der Waals surface area (Å²) >= 11 is 0. The quantitative estimate of drug-likeness (QED) is 0.767. The first-order valence-electron chi connectivity index (χ1n) is 5.30. The molecule has 2 N–H and O–H groups in total. The van der Waals surface area contributed by atoms with Gasteiger partial charge in [0.15, 0.2) is 0 Å². The Balaban J connectivity index is 0.000000980. The molecule has 2 aliphatic rings. The highest BCUT2D eigenvalue weighted by molar-refractivity contribution is 5.85. The van der Waals surface area contributed by atoms with Crippen LogP contribution in [0.3, 0.4) is 0 Å².